The average molecular weight is 348 g/mol. The molecule has 0 aliphatic heterocycles. The van der Waals surface area contributed by atoms with Crippen LogP contribution in [0, 0.1) is 0 Å². The van der Waals surface area contributed by atoms with Crippen molar-refractivity contribution >= 4 is 11.8 Å². The molecule has 2 aromatic carbocycles. The number of aromatic nitrogens is 2. The number of methoxy groups -OCH3 is 1. The number of carbonyl (C=O) groups excluding carboxylic acids is 1. The van der Waals surface area contributed by atoms with E-state index in [1.54, 1.807) is 18.3 Å². The summed E-state index contributed by atoms with van der Waals surface area (Å²) in [6, 6.07) is 19.2. The molecule has 1 unspecified atom stereocenters. The highest BCUT2D eigenvalue weighted by atomic mass is 16.5. The summed E-state index contributed by atoms with van der Waals surface area (Å²) in [5.74, 6) is 0. The molecule has 0 fully saturated rings. The number of rotatable bonds is 5. The summed E-state index contributed by atoms with van der Waals surface area (Å²) >= 11 is 0. The van der Waals surface area contributed by atoms with Crippen LogP contribution in [0.3, 0.4) is 0 Å². The molecule has 1 atom stereocenters. The number of carbonyl (C=O) groups is 1. The van der Waals surface area contributed by atoms with Crippen molar-refractivity contribution in [2.75, 3.05) is 12.4 Å². The van der Waals surface area contributed by atoms with Crippen molar-refractivity contribution in [1.82, 2.24) is 10.2 Å². The third-order valence-electron chi connectivity index (χ3n) is 4.01. The van der Waals surface area contributed by atoms with Gasteiger partial charge in [-0.1, -0.05) is 42.5 Å². The number of hydrogen-bond donors (Lipinski definition) is 2. The largest absolute Gasteiger partial charge is 0.453 e. The van der Waals surface area contributed by atoms with Crippen molar-refractivity contribution in [3.05, 3.63) is 78.0 Å². The number of ether oxygens (including phenoxy) is 1. The van der Waals surface area contributed by atoms with Gasteiger partial charge in [-0.3, -0.25) is 5.32 Å². The van der Waals surface area contributed by atoms with E-state index < -0.39 is 6.09 Å². The summed E-state index contributed by atoms with van der Waals surface area (Å²) < 4.78 is 4.57. The van der Waals surface area contributed by atoms with Crippen LogP contribution < -0.4 is 11.1 Å². The van der Waals surface area contributed by atoms with Crippen molar-refractivity contribution in [3.63, 3.8) is 0 Å². The Labute approximate surface area is 152 Å². The van der Waals surface area contributed by atoms with Crippen LogP contribution in [0.15, 0.2) is 66.9 Å². The minimum atomic E-state index is -0.505. The van der Waals surface area contributed by atoms with Gasteiger partial charge in [0.1, 0.15) is 0 Å². The third kappa shape index (κ3) is 4.43. The maximum Gasteiger partial charge on any atom is 0.411 e. The first-order chi connectivity index (χ1) is 12.7. The van der Waals surface area contributed by atoms with E-state index in [-0.39, 0.29) is 6.04 Å². The quantitative estimate of drug-likeness (QED) is 0.736. The molecule has 3 N–H and O–H groups in total. The van der Waals surface area contributed by atoms with Crippen LogP contribution in [-0.4, -0.2) is 23.4 Å². The van der Waals surface area contributed by atoms with E-state index in [9.17, 15) is 4.79 Å². The molecule has 132 valence electrons. The molecule has 0 radical (unpaired) electrons. The van der Waals surface area contributed by atoms with E-state index in [0.717, 1.165) is 22.4 Å². The average Bonchev–Trinajstić information content (AvgIpc) is 2.69. The summed E-state index contributed by atoms with van der Waals surface area (Å²) in [5, 5.41) is 10.9. The molecule has 0 aliphatic rings. The Morgan fingerprint density at radius 1 is 1.15 bits per heavy atom. The zero-order valence-corrected chi connectivity index (χ0v) is 14.4. The first kappa shape index (κ1) is 17.6. The van der Waals surface area contributed by atoms with Crippen LogP contribution in [0.25, 0.3) is 11.3 Å². The highest BCUT2D eigenvalue weighted by molar-refractivity contribution is 5.84. The number of nitrogens with one attached hydrogen (secondary N) is 1. The van der Waals surface area contributed by atoms with Gasteiger partial charge in [0.05, 0.1) is 19.0 Å². The second-order valence-electron chi connectivity index (χ2n) is 5.86. The van der Waals surface area contributed by atoms with Gasteiger partial charge in [0.15, 0.2) is 0 Å². The highest BCUT2D eigenvalue weighted by Crippen LogP contribution is 2.22. The Morgan fingerprint density at radius 2 is 1.88 bits per heavy atom. The molecule has 1 aromatic heterocycles. The number of nitrogens with two attached hydrogens (primary N) is 1. The van der Waals surface area contributed by atoms with Crippen molar-refractivity contribution in [2.24, 2.45) is 5.73 Å². The Bertz CT molecular complexity index is 866. The predicted molar refractivity (Wildman–Crippen MR) is 101 cm³/mol. The standard InChI is InChI=1S/C20H20N4O2/c1-26-20(25)23-17-9-7-16(8-10-17)19-12-14(13-22-24-19)11-18(21)15-5-3-2-4-6-15/h2-10,12-13,18H,11,21H2,1H3,(H,23,25). The SMILES string of the molecule is COC(=O)Nc1ccc(-c2cc(CC(N)c3ccccc3)cnn2)cc1. The van der Waals surface area contributed by atoms with Gasteiger partial charge in [-0.2, -0.15) is 10.2 Å². The van der Waals surface area contributed by atoms with Gasteiger partial charge in [0, 0.05) is 17.3 Å². The van der Waals surface area contributed by atoms with Crippen LogP contribution in [0.5, 0.6) is 0 Å². The lowest BCUT2D eigenvalue weighted by Gasteiger charge is -2.12. The maximum atomic E-state index is 11.2. The third-order valence-corrected chi connectivity index (χ3v) is 4.01. The number of amides is 1. The van der Waals surface area contributed by atoms with E-state index in [1.807, 2.05) is 48.5 Å². The fourth-order valence-corrected chi connectivity index (χ4v) is 2.62. The Morgan fingerprint density at radius 3 is 2.58 bits per heavy atom. The number of nitrogens with zero attached hydrogens (tertiary/aromatic N) is 2. The number of hydrogen-bond acceptors (Lipinski definition) is 5. The summed E-state index contributed by atoms with van der Waals surface area (Å²) in [5.41, 5.74) is 10.7. The number of benzene rings is 2. The first-order valence-electron chi connectivity index (χ1n) is 8.23. The van der Waals surface area contributed by atoms with Gasteiger partial charge < -0.3 is 10.5 Å². The van der Waals surface area contributed by atoms with Gasteiger partial charge in [0.2, 0.25) is 0 Å². The lowest BCUT2D eigenvalue weighted by atomic mass is 10.00. The van der Waals surface area contributed by atoms with Gasteiger partial charge in [-0.25, -0.2) is 4.79 Å². The monoisotopic (exact) mass is 348 g/mol. The molecule has 3 aromatic rings. The first-order valence-corrected chi connectivity index (χ1v) is 8.23. The molecule has 6 nitrogen and oxygen atoms in total. The zero-order valence-electron chi connectivity index (χ0n) is 14.4. The Hall–Kier alpha value is -3.25. The molecule has 0 saturated carbocycles. The fourth-order valence-electron chi connectivity index (χ4n) is 2.62. The molecule has 0 spiro atoms. The smallest absolute Gasteiger partial charge is 0.411 e. The molecule has 6 heteroatoms. The Kier molecular flexibility index (Phi) is 5.56. The normalized spacial score (nSPS) is 11.6. The predicted octanol–water partition coefficient (Wildman–Crippen LogP) is 3.56. The van der Waals surface area contributed by atoms with Gasteiger partial charge >= 0.3 is 6.09 Å². The molecule has 0 saturated heterocycles. The van der Waals surface area contributed by atoms with Crippen LogP contribution in [0.1, 0.15) is 17.2 Å². The van der Waals surface area contributed by atoms with Gasteiger partial charge in [0.25, 0.3) is 0 Å². The van der Waals surface area contributed by atoms with E-state index in [2.05, 4.69) is 20.3 Å². The molecule has 26 heavy (non-hydrogen) atoms. The van der Waals surface area contributed by atoms with Crippen LogP contribution in [-0.2, 0) is 11.2 Å². The minimum absolute atomic E-state index is 0.0973. The highest BCUT2D eigenvalue weighted by Gasteiger charge is 2.09. The van der Waals surface area contributed by atoms with Crippen molar-refractivity contribution in [1.29, 1.82) is 0 Å². The fraction of sp³-hybridized carbons (Fsp3) is 0.150. The molecule has 0 bridgehead atoms. The molecule has 1 heterocycles. The van der Waals surface area contributed by atoms with Crippen molar-refractivity contribution in [2.45, 2.75) is 12.5 Å². The second kappa shape index (κ2) is 8.22. The summed E-state index contributed by atoms with van der Waals surface area (Å²) in [7, 11) is 1.32. The van der Waals surface area contributed by atoms with Crippen molar-refractivity contribution in [3.8, 4) is 11.3 Å². The lowest BCUT2D eigenvalue weighted by Crippen LogP contribution is -2.13. The molecular formula is C20H20N4O2. The summed E-state index contributed by atoms with van der Waals surface area (Å²) in [6.07, 6.45) is 1.91. The van der Waals surface area contributed by atoms with E-state index >= 15 is 0 Å². The van der Waals surface area contributed by atoms with Crippen molar-refractivity contribution < 1.29 is 9.53 Å². The van der Waals surface area contributed by atoms with Crippen LogP contribution in [0.4, 0.5) is 10.5 Å². The second-order valence-corrected chi connectivity index (χ2v) is 5.86. The summed E-state index contributed by atoms with van der Waals surface area (Å²) in [6.45, 7) is 0. The van der Waals surface area contributed by atoms with E-state index in [1.165, 1.54) is 7.11 Å². The van der Waals surface area contributed by atoms with E-state index in [0.29, 0.717) is 12.1 Å². The molecule has 3 rings (SSSR count). The van der Waals surface area contributed by atoms with Crippen LogP contribution >= 0.6 is 0 Å². The number of anilines is 1. The van der Waals surface area contributed by atoms with Crippen LogP contribution in [0.2, 0.25) is 0 Å². The van der Waals surface area contributed by atoms with Gasteiger partial charge in [-0.15, -0.1) is 0 Å². The summed E-state index contributed by atoms with van der Waals surface area (Å²) in [4.78, 5) is 11.2. The molecular weight excluding hydrogens is 328 g/mol. The topological polar surface area (TPSA) is 90.1 Å². The lowest BCUT2D eigenvalue weighted by molar-refractivity contribution is 0.187. The van der Waals surface area contributed by atoms with Gasteiger partial charge in [-0.05, 0) is 35.7 Å². The Balaban J connectivity index is 1.73. The zero-order chi connectivity index (χ0) is 18.4. The van der Waals surface area contributed by atoms with E-state index in [4.69, 9.17) is 5.73 Å². The minimum Gasteiger partial charge on any atom is -0.453 e. The molecule has 0 aliphatic carbocycles. The molecule has 1 amide bonds. The maximum absolute atomic E-state index is 11.2.